The Morgan fingerprint density at radius 2 is 1.77 bits per heavy atom. The number of hydrogen-bond acceptors (Lipinski definition) is 3. The van der Waals surface area contributed by atoms with Crippen molar-refractivity contribution in [2.24, 2.45) is 0 Å². The lowest BCUT2D eigenvalue weighted by molar-refractivity contribution is -0.0498. The van der Waals surface area contributed by atoms with E-state index in [-0.39, 0.29) is 11.7 Å². The molecule has 0 aliphatic carbocycles. The molecule has 0 spiro atoms. The van der Waals surface area contributed by atoms with Gasteiger partial charge in [0.2, 0.25) is 0 Å². The summed E-state index contributed by atoms with van der Waals surface area (Å²) in [6.45, 7) is 3.03. The van der Waals surface area contributed by atoms with Gasteiger partial charge in [0.25, 0.3) is 5.91 Å². The zero-order valence-electron chi connectivity index (χ0n) is 14.7. The van der Waals surface area contributed by atoms with Crippen molar-refractivity contribution < 1.29 is 18.3 Å². The van der Waals surface area contributed by atoms with Crippen LogP contribution in [0.1, 0.15) is 21.5 Å². The largest absolute Gasteiger partial charge is 0.435 e. The van der Waals surface area contributed by atoms with E-state index in [1.807, 2.05) is 0 Å². The van der Waals surface area contributed by atoms with Crippen LogP contribution < -0.4 is 4.74 Å². The van der Waals surface area contributed by atoms with Gasteiger partial charge >= 0.3 is 6.61 Å². The number of alkyl halides is 2. The van der Waals surface area contributed by atoms with Crippen molar-refractivity contribution in [3.63, 3.8) is 0 Å². The number of piperazine rings is 1. The van der Waals surface area contributed by atoms with E-state index >= 15 is 0 Å². The van der Waals surface area contributed by atoms with Gasteiger partial charge in [0.05, 0.1) is 0 Å². The van der Waals surface area contributed by atoms with Gasteiger partial charge in [-0.15, -0.1) is 0 Å². The smallest absolute Gasteiger partial charge is 0.387 e. The minimum absolute atomic E-state index is 0.0551. The van der Waals surface area contributed by atoms with Gasteiger partial charge < -0.3 is 9.64 Å². The van der Waals surface area contributed by atoms with Gasteiger partial charge in [-0.05, 0) is 36.8 Å². The zero-order valence-corrected chi connectivity index (χ0v) is 14.7. The normalized spacial score (nSPS) is 15.3. The van der Waals surface area contributed by atoms with Crippen LogP contribution in [0, 0.1) is 6.92 Å². The Bertz CT molecular complexity index is 742. The topological polar surface area (TPSA) is 32.8 Å². The van der Waals surface area contributed by atoms with E-state index in [2.05, 4.69) is 40.8 Å². The molecule has 1 amide bonds. The van der Waals surface area contributed by atoms with Crippen LogP contribution in [0.4, 0.5) is 8.78 Å². The second-order valence-corrected chi connectivity index (χ2v) is 6.46. The van der Waals surface area contributed by atoms with Gasteiger partial charge in [0.1, 0.15) is 5.75 Å². The Morgan fingerprint density at radius 1 is 1.08 bits per heavy atom. The zero-order chi connectivity index (χ0) is 18.5. The van der Waals surface area contributed by atoms with E-state index in [1.54, 1.807) is 4.90 Å². The Balaban J connectivity index is 1.53. The number of amides is 1. The number of ether oxygens (including phenoxy) is 1. The maximum absolute atomic E-state index is 12.6. The molecular weight excluding hydrogens is 338 g/mol. The van der Waals surface area contributed by atoms with Crippen LogP contribution in [-0.4, -0.2) is 48.5 Å². The highest BCUT2D eigenvalue weighted by molar-refractivity contribution is 5.94. The molecule has 4 nitrogen and oxygen atoms in total. The molecule has 6 heteroatoms. The van der Waals surface area contributed by atoms with Crippen molar-refractivity contribution in [2.45, 2.75) is 20.1 Å². The molecule has 1 fully saturated rings. The molecular formula is C20H22F2N2O2. The van der Waals surface area contributed by atoms with Crippen molar-refractivity contribution in [1.29, 1.82) is 0 Å². The molecule has 2 aromatic carbocycles. The fourth-order valence-electron chi connectivity index (χ4n) is 3.14. The fraction of sp³-hybridized carbons (Fsp3) is 0.350. The number of carbonyl (C=O) groups is 1. The number of rotatable bonds is 5. The van der Waals surface area contributed by atoms with E-state index in [0.29, 0.717) is 18.7 Å². The van der Waals surface area contributed by atoms with Crippen molar-refractivity contribution in [3.05, 3.63) is 65.2 Å². The molecule has 1 saturated heterocycles. The van der Waals surface area contributed by atoms with E-state index in [0.717, 1.165) is 19.6 Å². The third-order valence-corrected chi connectivity index (χ3v) is 4.47. The minimum atomic E-state index is -2.86. The summed E-state index contributed by atoms with van der Waals surface area (Å²) >= 11 is 0. The molecule has 0 atom stereocenters. The van der Waals surface area contributed by atoms with Crippen molar-refractivity contribution in [1.82, 2.24) is 9.80 Å². The number of halogens is 2. The summed E-state index contributed by atoms with van der Waals surface area (Å²) < 4.78 is 28.7. The van der Waals surface area contributed by atoms with E-state index in [4.69, 9.17) is 0 Å². The Morgan fingerprint density at radius 3 is 2.38 bits per heavy atom. The molecule has 1 heterocycles. The summed E-state index contributed by atoms with van der Waals surface area (Å²) in [6.07, 6.45) is 0. The summed E-state index contributed by atoms with van der Waals surface area (Å²) in [5.74, 6) is -0.0247. The number of carbonyl (C=O) groups excluding carboxylic acids is 1. The van der Waals surface area contributed by atoms with Crippen LogP contribution >= 0.6 is 0 Å². The highest BCUT2D eigenvalue weighted by Crippen LogP contribution is 2.17. The predicted octanol–water partition coefficient (Wildman–Crippen LogP) is 3.55. The van der Waals surface area contributed by atoms with Gasteiger partial charge in [-0.25, -0.2) is 0 Å². The first-order valence-corrected chi connectivity index (χ1v) is 8.63. The number of benzene rings is 2. The first kappa shape index (κ1) is 18.3. The van der Waals surface area contributed by atoms with Gasteiger partial charge in [-0.3, -0.25) is 9.69 Å². The standard InChI is InChI=1S/C20H22F2N2O2/c1-15-3-2-4-16(13-15)14-23-9-11-24(12-10-23)19(25)17-5-7-18(8-6-17)26-20(21)22/h2-8,13,20H,9-12,14H2,1H3. The van der Waals surface area contributed by atoms with Crippen molar-refractivity contribution >= 4 is 5.91 Å². The van der Waals surface area contributed by atoms with Crippen LogP contribution in [0.3, 0.4) is 0 Å². The summed E-state index contributed by atoms with van der Waals surface area (Å²) in [4.78, 5) is 16.7. The number of nitrogens with zero attached hydrogens (tertiary/aromatic N) is 2. The van der Waals surface area contributed by atoms with Gasteiger partial charge in [-0.1, -0.05) is 29.8 Å². The molecule has 0 unspecified atom stereocenters. The molecule has 26 heavy (non-hydrogen) atoms. The van der Waals surface area contributed by atoms with Crippen molar-refractivity contribution in [2.75, 3.05) is 26.2 Å². The van der Waals surface area contributed by atoms with Gasteiger partial charge in [-0.2, -0.15) is 8.78 Å². The molecule has 1 aliphatic heterocycles. The maximum Gasteiger partial charge on any atom is 0.387 e. The highest BCUT2D eigenvalue weighted by atomic mass is 19.3. The van der Waals surface area contributed by atoms with Crippen LogP contribution in [-0.2, 0) is 6.54 Å². The molecule has 0 N–H and O–H groups in total. The average molecular weight is 360 g/mol. The van der Waals surface area contributed by atoms with Crippen LogP contribution in [0.25, 0.3) is 0 Å². The summed E-state index contributed by atoms with van der Waals surface area (Å²) in [7, 11) is 0. The van der Waals surface area contributed by atoms with Crippen LogP contribution in [0.15, 0.2) is 48.5 Å². The average Bonchev–Trinajstić information content (AvgIpc) is 2.62. The summed E-state index contributed by atoms with van der Waals surface area (Å²) in [5, 5.41) is 0. The lowest BCUT2D eigenvalue weighted by atomic mass is 10.1. The maximum atomic E-state index is 12.6. The summed E-state index contributed by atoms with van der Waals surface area (Å²) in [5.41, 5.74) is 3.01. The van der Waals surface area contributed by atoms with Crippen molar-refractivity contribution in [3.8, 4) is 5.75 Å². The predicted molar refractivity (Wildman–Crippen MR) is 95.4 cm³/mol. The first-order chi connectivity index (χ1) is 12.5. The second kappa shape index (κ2) is 8.27. The van der Waals surface area contributed by atoms with E-state index < -0.39 is 6.61 Å². The molecule has 0 saturated carbocycles. The number of hydrogen-bond donors (Lipinski definition) is 0. The first-order valence-electron chi connectivity index (χ1n) is 8.63. The molecule has 0 bridgehead atoms. The molecule has 3 rings (SSSR count). The molecule has 0 aromatic heterocycles. The quantitative estimate of drug-likeness (QED) is 0.817. The van der Waals surface area contributed by atoms with Gasteiger partial charge in [0.15, 0.2) is 0 Å². The molecule has 138 valence electrons. The van der Waals surface area contributed by atoms with Crippen LogP contribution in [0.5, 0.6) is 5.75 Å². The Kier molecular flexibility index (Phi) is 5.83. The third-order valence-electron chi connectivity index (χ3n) is 4.47. The van der Waals surface area contributed by atoms with Gasteiger partial charge in [0, 0.05) is 38.3 Å². The van der Waals surface area contributed by atoms with E-state index in [1.165, 1.54) is 35.4 Å². The monoisotopic (exact) mass is 360 g/mol. The lowest BCUT2D eigenvalue weighted by Gasteiger charge is -2.34. The minimum Gasteiger partial charge on any atom is -0.435 e. The molecule has 2 aromatic rings. The lowest BCUT2D eigenvalue weighted by Crippen LogP contribution is -2.48. The van der Waals surface area contributed by atoms with E-state index in [9.17, 15) is 13.6 Å². The number of aryl methyl sites for hydroxylation is 1. The Hall–Kier alpha value is -2.47. The third kappa shape index (κ3) is 4.79. The summed E-state index contributed by atoms with van der Waals surface area (Å²) in [6, 6.07) is 14.3. The molecule has 0 radical (unpaired) electrons. The highest BCUT2D eigenvalue weighted by Gasteiger charge is 2.22. The second-order valence-electron chi connectivity index (χ2n) is 6.46. The molecule has 1 aliphatic rings. The SMILES string of the molecule is Cc1cccc(CN2CCN(C(=O)c3ccc(OC(F)F)cc3)CC2)c1. The Labute approximate surface area is 152 Å². The fourth-order valence-corrected chi connectivity index (χ4v) is 3.14. The van der Waals surface area contributed by atoms with Crippen LogP contribution in [0.2, 0.25) is 0 Å².